The second-order valence-electron chi connectivity index (χ2n) is 10.3. The van der Waals surface area contributed by atoms with E-state index in [1.165, 1.54) is 17.4 Å². The highest BCUT2D eigenvalue weighted by atomic mass is 35.5. The van der Waals surface area contributed by atoms with Crippen LogP contribution >= 0.6 is 47.8 Å². The average molecular weight is 639 g/mol. The number of pyridine rings is 1. The molecule has 1 aliphatic rings. The number of ether oxygens (including phenoxy) is 1. The zero-order valence-electron chi connectivity index (χ0n) is 23.5. The fourth-order valence-corrected chi connectivity index (χ4v) is 7.16. The van der Waals surface area contributed by atoms with Gasteiger partial charge in [-0.05, 0) is 94.1 Å². The van der Waals surface area contributed by atoms with Crippen LogP contribution in [-0.2, 0) is 6.54 Å². The Bertz CT molecular complexity index is 1500. The first-order chi connectivity index (χ1) is 18.8. The van der Waals surface area contributed by atoms with Crippen LogP contribution < -0.4 is 10.1 Å². The minimum absolute atomic E-state index is 0. The molecule has 0 atom stereocenters. The van der Waals surface area contributed by atoms with Crippen molar-refractivity contribution in [3.05, 3.63) is 81.2 Å². The molecule has 0 spiro atoms. The maximum Gasteiger partial charge on any atom is 0.266 e. The van der Waals surface area contributed by atoms with Crippen LogP contribution in [0.15, 0.2) is 48.5 Å². The maximum absolute atomic E-state index is 14.6. The molecular formula is C31H35Cl3FN3O2S. The number of aryl methyl sites for hydroxylation is 2. The van der Waals surface area contributed by atoms with E-state index in [0.29, 0.717) is 27.5 Å². The lowest BCUT2D eigenvalue weighted by Gasteiger charge is -2.37. The van der Waals surface area contributed by atoms with E-state index in [9.17, 15) is 9.18 Å². The zero-order valence-corrected chi connectivity index (χ0v) is 26.7. The van der Waals surface area contributed by atoms with Gasteiger partial charge in [0.15, 0.2) is 0 Å². The number of methoxy groups -OCH3 is 1. The molecule has 0 unspecified atom stereocenters. The van der Waals surface area contributed by atoms with Gasteiger partial charge in [0.05, 0.1) is 12.1 Å². The molecule has 1 saturated carbocycles. The molecule has 4 aromatic rings. The molecule has 2 aromatic carbocycles. The van der Waals surface area contributed by atoms with Gasteiger partial charge in [-0.2, -0.15) is 0 Å². The molecule has 5 nitrogen and oxygen atoms in total. The zero-order chi connectivity index (χ0) is 27.7. The van der Waals surface area contributed by atoms with E-state index in [1.54, 1.807) is 19.2 Å². The number of hydrogen-bond donors (Lipinski definition) is 1. The van der Waals surface area contributed by atoms with Gasteiger partial charge >= 0.3 is 0 Å². The van der Waals surface area contributed by atoms with Gasteiger partial charge in [0, 0.05) is 45.7 Å². The third-order valence-corrected chi connectivity index (χ3v) is 9.28. The number of nitrogens with one attached hydrogen (secondary N) is 1. The monoisotopic (exact) mass is 637 g/mol. The lowest BCUT2D eigenvalue weighted by Crippen LogP contribution is -2.44. The first-order valence-electron chi connectivity index (χ1n) is 13.3. The van der Waals surface area contributed by atoms with E-state index in [-0.39, 0.29) is 41.8 Å². The number of carbonyl (C=O) groups is 1. The summed E-state index contributed by atoms with van der Waals surface area (Å²) in [6.45, 7) is 4.33. The van der Waals surface area contributed by atoms with E-state index in [0.717, 1.165) is 59.5 Å². The van der Waals surface area contributed by atoms with E-state index < -0.39 is 5.82 Å². The van der Waals surface area contributed by atoms with Crippen molar-refractivity contribution in [2.75, 3.05) is 14.2 Å². The van der Waals surface area contributed by atoms with Crippen LogP contribution in [0.2, 0.25) is 5.02 Å². The predicted octanol–water partition coefficient (Wildman–Crippen LogP) is 8.40. The maximum atomic E-state index is 14.6. The second-order valence-corrected chi connectivity index (χ2v) is 11.7. The molecule has 1 amide bonds. The molecule has 0 saturated heterocycles. The van der Waals surface area contributed by atoms with Gasteiger partial charge < -0.3 is 15.0 Å². The first-order valence-corrected chi connectivity index (χ1v) is 14.5. The molecule has 0 bridgehead atoms. The molecule has 41 heavy (non-hydrogen) atoms. The Labute approximate surface area is 262 Å². The van der Waals surface area contributed by atoms with Crippen LogP contribution in [0, 0.1) is 19.7 Å². The molecule has 1 aliphatic carbocycles. The summed E-state index contributed by atoms with van der Waals surface area (Å²) in [6, 6.07) is 15.5. The van der Waals surface area contributed by atoms with E-state index >= 15 is 0 Å². The number of aromatic nitrogens is 1. The number of hydrogen-bond acceptors (Lipinski definition) is 5. The smallest absolute Gasteiger partial charge is 0.266 e. The van der Waals surface area contributed by atoms with Crippen molar-refractivity contribution in [3.8, 4) is 16.9 Å². The topological polar surface area (TPSA) is 54.5 Å². The highest BCUT2D eigenvalue weighted by molar-refractivity contribution is 7.21. The van der Waals surface area contributed by atoms with E-state index in [2.05, 4.69) is 28.5 Å². The molecular weight excluding hydrogens is 604 g/mol. The Morgan fingerprint density at radius 2 is 1.76 bits per heavy atom. The van der Waals surface area contributed by atoms with Crippen LogP contribution in [0.1, 0.15) is 52.3 Å². The molecule has 0 aliphatic heterocycles. The third-order valence-electron chi connectivity index (χ3n) is 7.64. The molecule has 0 radical (unpaired) electrons. The molecule has 10 heteroatoms. The Hall–Kier alpha value is -2.42. The van der Waals surface area contributed by atoms with Crippen molar-refractivity contribution in [1.82, 2.24) is 15.2 Å². The van der Waals surface area contributed by atoms with Crippen LogP contribution in [0.4, 0.5) is 4.39 Å². The molecule has 1 N–H and O–H groups in total. The average Bonchev–Trinajstić information content (AvgIpc) is 3.28. The molecule has 5 rings (SSSR count). The largest absolute Gasteiger partial charge is 0.496 e. The fourth-order valence-electron chi connectivity index (χ4n) is 5.65. The highest BCUT2D eigenvalue weighted by Gasteiger charge is 2.32. The molecule has 220 valence electrons. The van der Waals surface area contributed by atoms with Crippen molar-refractivity contribution in [1.29, 1.82) is 0 Å². The first kappa shape index (κ1) is 33.1. The predicted molar refractivity (Wildman–Crippen MR) is 172 cm³/mol. The SMILES string of the molecule is CNC1CCC(N(Cc2cc(-c3cc(C)nc(C)c3)ccc2OC)C(=O)c2sc3cccc(F)c3c2Cl)CC1.Cl.Cl. The standard InChI is InChI=1S/C31H33ClFN3O2S.2ClH/c1-18-14-21(15-19(2)35-18)20-8-13-26(38-4)22(16-20)17-36(24-11-9-23(34-3)10-12-24)31(37)30-29(32)28-25(33)6-5-7-27(28)39-30;;/h5-8,13-16,23-24,34H,9-12,17H2,1-4H3;2*1H. The summed E-state index contributed by atoms with van der Waals surface area (Å²) in [5.41, 5.74) is 4.92. The Balaban J connectivity index is 0.00000231. The minimum Gasteiger partial charge on any atom is -0.496 e. The third kappa shape index (κ3) is 6.98. The van der Waals surface area contributed by atoms with E-state index in [4.69, 9.17) is 16.3 Å². The lowest BCUT2D eigenvalue weighted by molar-refractivity contribution is 0.0604. The van der Waals surface area contributed by atoms with Gasteiger partial charge in [-0.15, -0.1) is 36.2 Å². The summed E-state index contributed by atoms with van der Waals surface area (Å²) >= 11 is 7.92. The van der Waals surface area contributed by atoms with Gasteiger partial charge in [-0.3, -0.25) is 9.78 Å². The summed E-state index contributed by atoms with van der Waals surface area (Å²) in [7, 11) is 3.63. The summed E-state index contributed by atoms with van der Waals surface area (Å²) in [5, 5.41) is 3.88. The van der Waals surface area contributed by atoms with Crippen molar-refractivity contribution >= 4 is 63.7 Å². The number of fused-ring (bicyclic) bond motifs is 1. The number of carbonyl (C=O) groups excluding carboxylic acids is 1. The number of nitrogens with zero attached hydrogens (tertiary/aromatic N) is 2. The number of benzene rings is 2. The van der Waals surface area contributed by atoms with Crippen LogP contribution in [0.25, 0.3) is 21.2 Å². The van der Waals surface area contributed by atoms with Crippen LogP contribution in [0.3, 0.4) is 0 Å². The summed E-state index contributed by atoms with van der Waals surface area (Å²) in [6.07, 6.45) is 3.71. The van der Waals surface area contributed by atoms with Gasteiger partial charge in [0.1, 0.15) is 16.4 Å². The van der Waals surface area contributed by atoms with Gasteiger partial charge in [-0.25, -0.2) is 4.39 Å². The van der Waals surface area contributed by atoms with Crippen molar-refractivity contribution < 1.29 is 13.9 Å². The minimum atomic E-state index is -0.411. The Morgan fingerprint density at radius 3 is 2.37 bits per heavy atom. The van der Waals surface area contributed by atoms with E-state index in [1.807, 2.05) is 37.9 Å². The van der Waals surface area contributed by atoms with Crippen molar-refractivity contribution in [2.45, 2.75) is 58.2 Å². The van der Waals surface area contributed by atoms with Crippen molar-refractivity contribution in [2.24, 2.45) is 0 Å². The summed E-state index contributed by atoms with van der Waals surface area (Å²) in [4.78, 5) is 21.0. The van der Waals surface area contributed by atoms with Gasteiger partial charge in [-0.1, -0.05) is 23.7 Å². The lowest BCUT2D eigenvalue weighted by atomic mass is 9.89. The van der Waals surface area contributed by atoms with Crippen LogP contribution in [0.5, 0.6) is 5.75 Å². The number of halogens is 4. The summed E-state index contributed by atoms with van der Waals surface area (Å²) < 4.78 is 21.1. The molecule has 2 aromatic heterocycles. The quantitative estimate of drug-likeness (QED) is 0.221. The highest BCUT2D eigenvalue weighted by Crippen LogP contribution is 2.39. The Kier molecular flexibility index (Phi) is 11.4. The van der Waals surface area contributed by atoms with Crippen LogP contribution in [-0.4, -0.2) is 42.0 Å². The fraction of sp³-hybridized carbons (Fsp3) is 0.355. The second kappa shape index (κ2) is 14.2. The normalized spacial score (nSPS) is 16.5. The Morgan fingerprint density at radius 1 is 1.07 bits per heavy atom. The molecule has 1 fully saturated rings. The summed E-state index contributed by atoms with van der Waals surface area (Å²) in [5.74, 6) is 0.138. The van der Waals surface area contributed by atoms with Gasteiger partial charge in [0.25, 0.3) is 5.91 Å². The van der Waals surface area contributed by atoms with Crippen molar-refractivity contribution in [3.63, 3.8) is 0 Å². The molecule has 2 heterocycles. The number of rotatable bonds is 7. The number of thiophene rings is 1. The number of amides is 1. The van der Waals surface area contributed by atoms with Gasteiger partial charge in [0.2, 0.25) is 0 Å².